The summed E-state index contributed by atoms with van der Waals surface area (Å²) < 4.78 is 11.6. The molecule has 3 rings (SSSR count). The molecule has 120 valence electrons. The highest BCUT2D eigenvalue weighted by Gasteiger charge is 2.23. The third-order valence-corrected chi connectivity index (χ3v) is 3.69. The van der Waals surface area contributed by atoms with Crippen LogP contribution in [0.1, 0.15) is 19.4 Å². The molecular weight excluding hydrogens is 311 g/mol. The summed E-state index contributed by atoms with van der Waals surface area (Å²) in [4.78, 5) is 2.39. The van der Waals surface area contributed by atoms with Gasteiger partial charge in [-0.15, -0.1) is 24.8 Å². The highest BCUT2D eigenvalue weighted by molar-refractivity contribution is 5.85. The summed E-state index contributed by atoms with van der Waals surface area (Å²) in [6, 6.07) is 6.54. The summed E-state index contributed by atoms with van der Waals surface area (Å²) in [6.07, 6.45) is 0.565. The highest BCUT2D eigenvalue weighted by atomic mass is 35.5. The maximum atomic E-state index is 5.81. The number of halogens is 2. The molecular formula is C15H24Cl2N2O2. The van der Waals surface area contributed by atoms with Crippen molar-refractivity contribution in [3.05, 3.63) is 23.8 Å². The first-order valence-corrected chi connectivity index (χ1v) is 7.09. The third-order valence-electron chi connectivity index (χ3n) is 3.69. The van der Waals surface area contributed by atoms with Crippen molar-refractivity contribution in [3.63, 3.8) is 0 Å². The molecule has 0 saturated carbocycles. The van der Waals surface area contributed by atoms with Gasteiger partial charge in [-0.2, -0.15) is 0 Å². The summed E-state index contributed by atoms with van der Waals surface area (Å²) in [5, 5.41) is 3.36. The topological polar surface area (TPSA) is 33.7 Å². The molecule has 2 atom stereocenters. The summed E-state index contributed by atoms with van der Waals surface area (Å²) >= 11 is 0. The van der Waals surface area contributed by atoms with Gasteiger partial charge in [0.15, 0.2) is 0 Å². The lowest BCUT2D eigenvalue weighted by atomic mass is 10.1. The maximum Gasteiger partial charge on any atom is 0.125 e. The number of rotatable bonds is 1. The van der Waals surface area contributed by atoms with Crippen LogP contribution in [0, 0.1) is 0 Å². The molecule has 1 aromatic rings. The number of ether oxygens (including phenoxy) is 2. The molecule has 0 aromatic heterocycles. The maximum absolute atomic E-state index is 5.81. The van der Waals surface area contributed by atoms with Gasteiger partial charge in [-0.25, -0.2) is 0 Å². The Hall–Kier alpha value is -0.680. The van der Waals surface area contributed by atoms with Gasteiger partial charge in [0.2, 0.25) is 0 Å². The van der Waals surface area contributed by atoms with Gasteiger partial charge < -0.3 is 19.7 Å². The van der Waals surface area contributed by atoms with E-state index in [0.29, 0.717) is 0 Å². The first-order valence-electron chi connectivity index (χ1n) is 7.09. The van der Waals surface area contributed by atoms with E-state index in [-0.39, 0.29) is 37.0 Å². The zero-order chi connectivity index (χ0) is 13.2. The molecule has 2 unspecified atom stereocenters. The standard InChI is InChI=1S/C15H22N2O2.2ClH/c1-11-9-17(10-12(2)19-11)14-4-3-13-8-16-5-6-18-15(13)7-14;;/h3-4,7,11-12,16H,5-6,8-10H2,1-2H3;2*1H. The predicted octanol–water partition coefficient (Wildman–Crippen LogP) is 2.63. The number of hydrogen-bond acceptors (Lipinski definition) is 4. The minimum atomic E-state index is 0. The quantitative estimate of drug-likeness (QED) is 0.855. The van der Waals surface area contributed by atoms with Gasteiger partial charge in [0.1, 0.15) is 12.4 Å². The molecule has 2 heterocycles. The summed E-state index contributed by atoms with van der Waals surface area (Å²) in [7, 11) is 0. The molecule has 0 aliphatic carbocycles. The fourth-order valence-electron chi connectivity index (χ4n) is 2.87. The van der Waals surface area contributed by atoms with Crippen LogP contribution in [0.15, 0.2) is 18.2 Å². The van der Waals surface area contributed by atoms with Crippen LogP contribution in [0.5, 0.6) is 5.75 Å². The van der Waals surface area contributed by atoms with Crippen molar-refractivity contribution in [2.24, 2.45) is 0 Å². The lowest BCUT2D eigenvalue weighted by Crippen LogP contribution is -2.45. The first kappa shape index (κ1) is 18.4. The van der Waals surface area contributed by atoms with Gasteiger partial charge in [-0.05, 0) is 19.9 Å². The minimum Gasteiger partial charge on any atom is -0.492 e. The molecule has 21 heavy (non-hydrogen) atoms. The van der Waals surface area contributed by atoms with Crippen LogP contribution in [-0.2, 0) is 11.3 Å². The Labute approximate surface area is 139 Å². The number of nitrogens with one attached hydrogen (secondary N) is 1. The number of benzene rings is 1. The monoisotopic (exact) mass is 334 g/mol. The molecule has 2 aliphatic heterocycles. The second kappa shape index (κ2) is 8.08. The second-order valence-electron chi connectivity index (χ2n) is 5.48. The molecule has 1 N–H and O–H groups in total. The third kappa shape index (κ3) is 4.39. The van der Waals surface area contributed by atoms with E-state index in [4.69, 9.17) is 9.47 Å². The van der Waals surface area contributed by atoms with E-state index in [9.17, 15) is 0 Å². The van der Waals surface area contributed by atoms with Crippen LogP contribution >= 0.6 is 24.8 Å². The Morgan fingerprint density at radius 1 is 1.14 bits per heavy atom. The molecule has 1 fully saturated rings. The van der Waals surface area contributed by atoms with E-state index in [1.165, 1.54) is 11.3 Å². The Kier molecular flexibility index (Phi) is 7.07. The SMILES string of the molecule is CC1CN(c2ccc3c(c2)OCCNC3)CC(C)O1.Cl.Cl. The van der Waals surface area contributed by atoms with Gasteiger partial charge in [0.25, 0.3) is 0 Å². The van der Waals surface area contributed by atoms with Crippen molar-refractivity contribution in [1.82, 2.24) is 5.32 Å². The molecule has 1 aromatic carbocycles. The average molecular weight is 335 g/mol. The summed E-state index contributed by atoms with van der Waals surface area (Å²) in [5.41, 5.74) is 2.48. The molecule has 6 heteroatoms. The minimum absolute atomic E-state index is 0. The fraction of sp³-hybridized carbons (Fsp3) is 0.600. The number of morpholine rings is 1. The fourth-order valence-corrected chi connectivity index (χ4v) is 2.87. The van der Waals surface area contributed by atoms with Crippen molar-refractivity contribution < 1.29 is 9.47 Å². The Morgan fingerprint density at radius 3 is 2.57 bits per heavy atom. The van der Waals surface area contributed by atoms with E-state index in [0.717, 1.165) is 38.5 Å². The lowest BCUT2D eigenvalue weighted by Gasteiger charge is -2.37. The number of nitrogens with zero attached hydrogens (tertiary/aromatic N) is 1. The predicted molar refractivity (Wildman–Crippen MR) is 90.4 cm³/mol. The van der Waals surface area contributed by atoms with Crippen molar-refractivity contribution in [1.29, 1.82) is 0 Å². The van der Waals surface area contributed by atoms with Gasteiger partial charge in [-0.3, -0.25) is 0 Å². The van der Waals surface area contributed by atoms with E-state index in [2.05, 4.69) is 42.3 Å². The highest BCUT2D eigenvalue weighted by Crippen LogP contribution is 2.28. The summed E-state index contributed by atoms with van der Waals surface area (Å²) in [5.74, 6) is 1.02. The van der Waals surface area contributed by atoms with Gasteiger partial charge in [-0.1, -0.05) is 6.07 Å². The smallest absolute Gasteiger partial charge is 0.125 e. The van der Waals surface area contributed by atoms with Crippen LogP contribution in [-0.4, -0.2) is 38.4 Å². The largest absolute Gasteiger partial charge is 0.492 e. The van der Waals surface area contributed by atoms with Gasteiger partial charge in [0.05, 0.1) is 12.2 Å². The van der Waals surface area contributed by atoms with Crippen LogP contribution in [0.4, 0.5) is 5.69 Å². The normalized spacial score (nSPS) is 24.8. The van der Waals surface area contributed by atoms with Gasteiger partial charge in [0, 0.05) is 43.5 Å². The zero-order valence-electron chi connectivity index (χ0n) is 12.5. The second-order valence-corrected chi connectivity index (χ2v) is 5.48. The molecule has 4 nitrogen and oxygen atoms in total. The molecule has 0 radical (unpaired) electrons. The molecule has 0 amide bonds. The number of fused-ring (bicyclic) bond motifs is 1. The van der Waals surface area contributed by atoms with E-state index >= 15 is 0 Å². The number of hydrogen-bond donors (Lipinski definition) is 1. The van der Waals surface area contributed by atoms with Crippen molar-refractivity contribution in [2.45, 2.75) is 32.6 Å². The lowest BCUT2D eigenvalue weighted by molar-refractivity contribution is -0.00523. The van der Waals surface area contributed by atoms with Crippen LogP contribution in [0.3, 0.4) is 0 Å². The molecule has 2 aliphatic rings. The van der Waals surface area contributed by atoms with Crippen molar-refractivity contribution in [3.8, 4) is 5.75 Å². The van der Waals surface area contributed by atoms with Crippen LogP contribution in [0.2, 0.25) is 0 Å². The Bertz CT molecular complexity index is 449. The van der Waals surface area contributed by atoms with E-state index < -0.39 is 0 Å². The van der Waals surface area contributed by atoms with Crippen molar-refractivity contribution in [2.75, 3.05) is 31.1 Å². The molecule has 0 spiro atoms. The van der Waals surface area contributed by atoms with E-state index in [1.807, 2.05) is 0 Å². The van der Waals surface area contributed by atoms with Crippen LogP contribution in [0.25, 0.3) is 0 Å². The summed E-state index contributed by atoms with van der Waals surface area (Å²) in [6.45, 7) is 8.70. The Balaban J connectivity index is 0.00000110. The van der Waals surface area contributed by atoms with E-state index in [1.54, 1.807) is 0 Å². The first-order chi connectivity index (χ1) is 9.22. The average Bonchev–Trinajstić information content (AvgIpc) is 2.61. The zero-order valence-corrected chi connectivity index (χ0v) is 14.1. The van der Waals surface area contributed by atoms with Crippen LogP contribution < -0.4 is 15.0 Å². The van der Waals surface area contributed by atoms with Crippen molar-refractivity contribution >= 4 is 30.5 Å². The molecule has 1 saturated heterocycles. The number of anilines is 1. The Morgan fingerprint density at radius 2 is 1.86 bits per heavy atom. The van der Waals surface area contributed by atoms with Gasteiger partial charge >= 0.3 is 0 Å². The molecule has 0 bridgehead atoms.